The van der Waals surface area contributed by atoms with Crippen molar-refractivity contribution in [2.24, 2.45) is 5.18 Å². The van der Waals surface area contributed by atoms with Crippen LogP contribution in [0.4, 0.5) is 5.69 Å². The highest BCUT2D eigenvalue weighted by Gasteiger charge is 2.20. The largest absolute Gasteiger partial charge is 0.382 e. The summed E-state index contributed by atoms with van der Waals surface area (Å²) in [5.41, 5.74) is 1.63. The minimum Gasteiger partial charge on any atom is -0.382 e. The van der Waals surface area contributed by atoms with Gasteiger partial charge in [-0.25, -0.2) is 0 Å². The van der Waals surface area contributed by atoms with Crippen LogP contribution in [0.5, 0.6) is 5.75 Å². The fourth-order valence-electron chi connectivity index (χ4n) is 1.82. The highest BCUT2D eigenvalue weighted by Crippen LogP contribution is 2.38. The summed E-state index contributed by atoms with van der Waals surface area (Å²) in [4.78, 5) is 10.7. The van der Waals surface area contributed by atoms with Crippen LogP contribution in [0.2, 0.25) is 0 Å². The molecule has 0 saturated heterocycles. The molecule has 1 rings (SSSR count). The van der Waals surface area contributed by atoms with Crippen LogP contribution < -0.4 is 4.18 Å². The van der Waals surface area contributed by atoms with E-state index in [1.165, 1.54) is 0 Å². The van der Waals surface area contributed by atoms with Gasteiger partial charge in [-0.3, -0.25) is 0 Å². The average Bonchev–Trinajstić information content (AvgIpc) is 2.26. The predicted molar refractivity (Wildman–Crippen MR) is 75.5 cm³/mol. The maximum atomic E-state index is 11.4. The Hall–Kier alpha value is -1.43. The normalized spacial score (nSPS) is 11.9. The third-order valence-corrected chi connectivity index (χ3v) is 3.18. The van der Waals surface area contributed by atoms with E-state index in [-0.39, 0.29) is 17.5 Å². The Labute approximate surface area is 114 Å². The quantitative estimate of drug-likeness (QED) is 0.611. The second-order valence-electron chi connectivity index (χ2n) is 5.14. The lowest BCUT2D eigenvalue weighted by Gasteiger charge is -2.19. The second-order valence-corrected chi connectivity index (χ2v) is 6.72. The van der Waals surface area contributed by atoms with Gasteiger partial charge in [0.15, 0.2) is 0 Å². The second kappa shape index (κ2) is 5.69. The minimum absolute atomic E-state index is 0.0240. The molecule has 0 radical (unpaired) electrons. The molecule has 0 fully saturated rings. The summed E-state index contributed by atoms with van der Waals surface area (Å²) in [6, 6.07) is 3.15. The van der Waals surface area contributed by atoms with Gasteiger partial charge in [0.1, 0.15) is 11.4 Å². The first-order valence-electron chi connectivity index (χ1n) is 6.06. The van der Waals surface area contributed by atoms with E-state index in [4.69, 9.17) is 4.18 Å². The van der Waals surface area contributed by atoms with E-state index >= 15 is 0 Å². The molecule has 1 aromatic carbocycles. The molecule has 6 heteroatoms. The van der Waals surface area contributed by atoms with Crippen LogP contribution in [-0.2, 0) is 10.1 Å². The molecule has 0 aliphatic rings. The van der Waals surface area contributed by atoms with Crippen molar-refractivity contribution in [2.75, 3.05) is 6.26 Å². The number of nitrogens with zero attached hydrogens (tertiary/aromatic N) is 1. The van der Waals surface area contributed by atoms with Gasteiger partial charge >= 0.3 is 10.1 Å². The molecule has 0 aliphatic heterocycles. The smallest absolute Gasteiger partial charge is 0.306 e. The summed E-state index contributed by atoms with van der Waals surface area (Å²) in [6.07, 6.45) is 1.01. The van der Waals surface area contributed by atoms with Crippen molar-refractivity contribution < 1.29 is 12.6 Å². The van der Waals surface area contributed by atoms with Gasteiger partial charge in [-0.2, -0.15) is 8.42 Å². The molecule has 0 spiro atoms. The van der Waals surface area contributed by atoms with Crippen molar-refractivity contribution in [3.63, 3.8) is 0 Å². The van der Waals surface area contributed by atoms with E-state index in [2.05, 4.69) is 5.18 Å². The first-order chi connectivity index (χ1) is 8.65. The van der Waals surface area contributed by atoms with Crippen molar-refractivity contribution in [3.8, 4) is 5.75 Å². The number of rotatable bonds is 5. The first-order valence-corrected chi connectivity index (χ1v) is 7.88. The molecule has 0 unspecified atom stereocenters. The molecule has 0 bridgehead atoms. The third kappa shape index (κ3) is 4.02. The zero-order chi connectivity index (χ0) is 14.8. The van der Waals surface area contributed by atoms with E-state index in [1.54, 1.807) is 12.1 Å². The van der Waals surface area contributed by atoms with Gasteiger partial charge in [-0.1, -0.05) is 27.7 Å². The lowest BCUT2D eigenvalue weighted by molar-refractivity contribution is 0.482. The average molecular weight is 285 g/mol. The topological polar surface area (TPSA) is 72.8 Å². The minimum atomic E-state index is -3.62. The van der Waals surface area contributed by atoms with Crippen molar-refractivity contribution in [1.82, 2.24) is 0 Å². The van der Waals surface area contributed by atoms with Crippen molar-refractivity contribution in [2.45, 2.75) is 39.5 Å². The van der Waals surface area contributed by atoms with Gasteiger partial charge in [0, 0.05) is 11.1 Å². The van der Waals surface area contributed by atoms with Gasteiger partial charge in [0.2, 0.25) is 0 Å². The Morgan fingerprint density at radius 2 is 1.47 bits per heavy atom. The standard InChI is InChI=1S/C13H19NO4S/c1-8(2)11-6-10(14-15)7-12(9(3)4)13(11)18-19(5,16)17/h6-9H,1-5H3. The maximum Gasteiger partial charge on any atom is 0.306 e. The molecular formula is C13H19NO4S. The zero-order valence-corrected chi connectivity index (χ0v) is 12.6. The fraction of sp³-hybridized carbons (Fsp3) is 0.538. The summed E-state index contributed by atoms with van der Waals surface area (Å²) in [6.45, 7) is 7.62. The molecule has 0 atom stereocenters. The molecule has 19 heavy (non-hydrogen) atoms. The number of benzene rings is 1. The summed E-state index contributed by atoms with van der Waals surface area (Å²) >= 11 is 0. The third-order valence-electron chi connectivity index (χ3n) is 2.72. The number of nitroso groups, excluding NO2 is 1. The SMILES string of the molecule is CC(C)c1cc(N=O)cc(C(C)C)c1OS(C)(=O)=O. The summed E-state index contributed by atoms with van der Waals surface area (Å²) < 4.78 is 27.9. The van der Waals surface area contributed by atoms with Crippen molar-refractivity contribution in [1.29, 1.82) is 0 Å². The van der Waals surface area contributed by atoms with Crippen LogP contribution >= 0.6 is 0 Å². The highest BCUT2D eigenvalue weighted by molar-refractivity contribution is 7.86. The van der Waals surface area contributed by atoms with E-state index in [0.29, 0.717) is 16.9 Å². The van der Waals surface area contributed by atoms with Crippen LogP contribution in [0.1, 0.15) is 50.7 Å². The van der Waals surface area contributed by atoms with Crippen molar-refractivity contribution in [3.05, 3.63) is 28.2 Å². The Morgan fingerprint density at radius 3 is 1.74 bits per heavy atom. The van der Waals surface area contributed by atoms with Crippen LogP contribution in [0, 0.1) is 4.91 Å². The lowest BCUT2D eigenvalue weighted by atomic mass is 9.93. The number of hydrogen-bond acceptors (Lipinski definition) is 5. The molecule has 5 nitrogen and oxygen atoms in total. The molecule has 0 amide bonds. The van der Waals surface area contributed by atoms with E-state index < -0.39 is 10.1 Å². The van der Waals surface area contributed by atoms with Crippen LogP contribution in [0.3, 0.4) is 0 Å². The Bertz CT molecular complexity index is 547. The highest BCUT2D eigenvalue weighted by atomic mass is 32.2. The fourth-order valence-corrected chi connectivity index (χ4v) is 2.31. The summed E-state index contributed by atoms with van der Waals surface area (Å²) in [5, 5.41) is 2.94. The number of hydrogen-bond donors (Lipinski definition) is 0. The molecule has 0 N–H and O–H groups in total. The van der Waals surface area contributed by atoms with Gasteiger partial charge < -0.3 is 4.18 Å². The molecular weight excluding hydrogens is 266 g/mol. The van der Waals surface area contributed by atoms with E-state index in [0.717, 1.165) is 6.26 Å². The molecule has 0 heterocycles. The van der Waals surface area contributed by atoms with E-state index in [9.17, 15) is 13.3 Å². The van der Waals surface area contributed by atoms with Crippen molar-refractivity contribution >= 4 is 15.8 Å². The maximum absolute atomic E-state index is 11.4. The monoisotopic (exact) mass is 285 g/mol. The zero-order valence-electron chi connectivity index (χ0n) is 11.8. The van der Waals surface area contributed by atoms with Crippen LogP contribution in [-0.4, -0.2) is 14.7 Å². The summed E-state index contributed by atoms with van der Waals surface area (Å²) in [7, 11) is -3.62. The molecule has 0 saturated carbocycles. The van der Waals surface area contributed by atoms with Crippen LogP contribution in [0.25, 0.3) is 0 Å². The molecule has 0 aromatic heterocycles. The molecule has 106 valence electrons. The van der Waals surface area contributed by atoms with Gasteiger partial charge in [0.25, 0.3) is 0 Å². The first kappa shape index (κ1) is 15.6. The lowest BCUT2D eigenvalue weighted by Crippen LogP contribution is -2.11. The Balaban J connectivity index is 3.58. The van der Waals surface area contributed by atoms with Crippen LogP contribution in [0.15, 0.2) is 17.3 Å². The molecule has 1 aromatic rings. The molecule has 0 aliphatic carbocycles. The Kier molecular flexibility index (Phi) is 4.68. The van der Waals surface area contributed by atoms with Gasteiger partial charge in [-0.05, 0) is 29.1 Å². The van der Waals surface area contributed by atoms with Gasteiger partial charge in [-0.15, -0.1) is 4.91 Å². The van der Waals surface area contributed by atoms with Gasteiger partial charge in [0.05, 0.1) is 6.26 Å². The summed E-state index contributed by atoms with van der Waals surface area (Å²) in [5.74, 6) is 0.367. The Morgan fingerprint density at radius 1 is 1.05 bits per heavy atom. The van der Waals surface area contributed by atoms with E-state index in [1.807, 2.05) is 27.7 Å². The predicted octanol–water partition coefficient (Wildman–Crippen LogP) is 3.67.